The van der Waals surface area contributed by atoms with Gasteiger partial charge in [-0.1, -0.05) is 0 Å². The van der Waals surface area contributed by atoms with Crippen LogP contribution in [0.1, 0.15) is 34.6 Å². The zero-order valence-corrected chi connectivity index (χ0v) is 12.3. The maximum atomic E-state index is 11.8. The molecule has 0 radical (unpaired) electrons. The van der Waals surface area contributed by atoms with Gasteiger partial charge in [0.05, 0.1) is 23.6 Å². The second-order valence-electron chi connectivity index (χ2n) is 5.37. The number of halogens is 1. The number of rotatable bonds is 3. The van der Waals surface area contributed by atoms with E-state index in [1.165, 1.54) is 0 Å². The van der Waals surface area contributed by atoms with Crippen LogP contribution < -0.4 is 0 Å². The van der Waals surface area contributed by atoms with E-state index in [-0.39, 0.29) is 11.4 Å². The zero-order chi connectivity index (χ0) is 14.0. The minimum absolute atomic E-state index is 0.167. The molecule has 4 nitrogen and oxygen atoms in total. The third kappa shape index (κ3) is 3.48. The van der Waals surface area contributed by atoms with Crippen LogP contribution in [0.4, 0.5) is 0 Å². The van der Waals surface area contributed by atoms with E-state index >= 15 is 0 Å². The fourth-order valence-corrected chi connectivity index (χ4v) is 1.76. The van der Waals surface area contributed by atoms with Crippen LogP contribution in [0.15, 0.2) is 16.6 Å². The first-order valence-electron chi connectivity index (χ1n) is 5.96. The summed E-state index contributed by atoms with van der Waals surface area (Å²) in [5.74, 6) is 0.189. The van der Waals surface area contributed by atoms with Crippen LogP contribution in [0, 0.1) is 0 Å². The molecular formula is C13H20ClNO3. The number of carbonyl (C=O) groups excluding carboxylic acids is 1. The molecule has 0 amide bonds. The first kappa shape index (κ1) is 15.0. The fourth-order valence-electron chi connectivity index (χ4n) is 1.56. The molecule has 1 heterocycles. The van der Waals surface area contributed by atoms with Crippen molar-refractivity contribution in [1.82, 2.24) is 0 Å². The van der Waals surface area contributed by atoms with Crippen LogP contribution in [0.25, 0.3) is 0 Å². The molecule has 0 saturated heterocycles. The van der Waals surface area contributed by atoms with Crippen LogP contribution in [0.2, 0.25) is 0 Å². The standard InChI is InChI=1S/C13H20ClNO3/c1-6-17-11(16)9-7-10(15-12(2,3)4)18-13(9,5)8-14/h7H,6,8H2,1-5H3. The molecule has 1 unspecified atom stereocenters. The van der Waals surface area contributed by atoms with Crippen LogP contribution in [0.3, 0.4) is 0 Å². The molecule has 0 aromatic carbocycles. The Bertz CT molecular complexity index is 396. The van der Waals surface area contributed by atoms with E-state index in [9.17, 15) is 4.79 Å². The minimum Gasteiger partial charge on any atom is -0.465 e. The van der Waals surface area contributed by atoms with Gasteiger partial charge >= 0.3 is 5.97 Å². The van der Waals surface area contributed by atoms with E-state index in [1.807, 2.05) is 20.8 Å². The summed E-state index contributed by atoms with van der Waals surface area (Å²) in [5.41, 5.74) is -0.719. The highest BCUT2D eigenvalue weighted by Gasteiger charge is 2.42. The summed E-state index contributed by atoms with van der Waals surface area (Å²) in [6.07, 6.45) is 1.62. The number of nitrogens with zero attached hydrogens (tertiary/aromatic N) is 1. The Balaban J connectivity index is 3.06. The monoisotopic (exact) mass is 273 g/mol. The summed E-state index contributed by atoms with van der Waals surface area (Å²) >= 11 is 5.90. The lowest BCUT2D eigenvalue weighted by atomic mass is 9.99. The lowest BCUT2D eigenvalue weighted by molar-refractivity contribution is -0.140. The number of esters is 1. The number of hydrogen-bond donors (Lipinski definition) is 0. The van der Waals surface area contributed by atoms with Gasteiger partial charge in [-0.05, 0) is 34.6 Å². The second kappa shape index (κ2) is 5.31. The summed E-state index contributed by atoms with van der Waals surface area (Å²) in [4.78, 5) is 16.2. The highest BCUT2D eigenvalue weighted by atomic mass is 35.5. The molecule has 0 bridgehead atoms. The maximum Gasteiger partial charge on any atom is 0.338 e. The van der Waals surface area contributed by atoms with E-state index in [0.29, 0.717) is 18.1 Å². The van der Waals surface area contributed by atoms with Gasteiger partial charge in [-0.2, -0.15) is 0 Å². The van der Waals surface area contributed by atoms with Crippen molar-refractivity contribution in [1.29, 1.82) is 0 Å². The SMILES string of the molecule is CCOC(=O)C1=CC(=NC(C)(C)C)OC1(C)CCl. The van der Waals surface area contributed by atoms with Crippen molar-refractivity contribution in [3.05, 3.63) is 11.6 Å². The van der Waals surface area contributed by atoms with Crippen molar-refractivity contribution >= 4 is 23.5 Å². The topological polar surface area (TPSA) is 47.9 Å². The highest BCUT2D eigenvalue weighted by molar-refractivity contribution is 6.20. The molecule has 5 heteroatoms. The zero-order valence-electron chi connectivity index (χ0n) is 11.5. The van der Waals surface area contributed by atoms with Crippen LogP contribution in [0.5, 0.6) is 0 Å². The number of ether oxygens (including phenoxy) is 2. The lowest BCUT2D eigenvalue weighted by Gasteiger charge is -2.24. The van der Waals surface area contributed by atoms with Crippen molar-refractivity contribution in [2.45, 2.75) is 45.8 Å². The predicted octanol–water partition coefficient (Wildman–Crippen LogP) is 2.70. The summed E-state index contributed by atoms with van der Waals surface area (Å²) < 4.78 is 10.7. The third-order valence-corrected chi connectivity index (χ3v) is 2.87. The smallest absolute Gasteiger partial charge is 0.338 e. The second-order valence-corrected chi connectivity index (χ2v) is 5.63. The first-order chi connectivity index (χ1) is 8.22. The number of hydrogen-bond acceptors (Lipinski definition) is 4. The van der Waals surface area contributed by atoms with E-state index in [2.05, 4.69) is 4.99 Å². The molecule has 1 aliphatic rings. The first-order valence-corrected chi connectivity index (χ1v) is 6.49. The van der Waals surface area contributed by atoms with Crippen LogP contribution in [-0.2, 0) is 14.3 Å². The van der Waals surface area contributed by atoms with Gasteiger partial charge in [0.2, 0.25) is 5.90 Å². The Kier molecular flexibility index (Phi) is 4.43. The fraction of sp³-hybridized carbons (Fsp3) is 0.692. The van der Waals surface area contributed by atoms with Gasteiger partial charge in [0.25, 0.3) is 0 Å². The molecule has 0 aromatic heterocycles. The molecule has 1 atom stereocenters. The van der Waals surface area contributed by atoms with Gasteiger partial charge in [0.15, 0.2) is 5.60 Å². The third-order valence-electron chi connectivity index (χ3n) is 2.36. The van der Waals surface area contributed by atoms with Crippen LogP contribution in [-0.4, -0.2) is 35.5 Å². The Morgan fingerprint density at radius 3 is 2.61 bits per heavy atom. The maximum absolute atomic E-state index is 11.8. The predicted molar refractivity (Wildman–Crippen MR) is 72.1 cm³/mol. The number of aliphatic imine (C=N–C) groups is 1. The van der Waals surface area contributed by atoms with Gasteiger partial charge in [-0.25, -0.2) is 9.79 Å². The van der Waals surface area contributed by atoms with Crippen molar-refractivity contribution in [2.24, 2.45) is 4.99 Å². The summed E-state index contributed by atoms with van der Waals surface area (Å²) in [6, 6.07) is 0. The molecule has 0 N–H and O–H groups in total. The molecule has 0 aliphatic carbocycles. The Morgan fingerprint density at radius 2 is 2.17 bits per heavy atom. The molecule has 18 heavy (non-hydrogen) atoms. The molecule has 102 valence electrons. The minimum atomic E-state index is -0.863. The van der Waals surface area contributed by atoms with Crippen molar-refractivity contribution in [3.63, 3.8) is 0 Å². The van der Waals surface area contributed by atoms with Gasteiger partial charge < -0.3 is 9.47 Å². The molecule has 0 fully saturated rings. The summed E-state index contributed by atoms with van der Waals surface area (Å²) in [7, 11) is 0. The van der Waals surface area contributed by atoms with Gasteiger partial charge in [0, 0.05) is 6.08 Å². The van der Waals surface area contributed by atoms with Crippen molar-refractivity contribution in [3.8, 4) is 0 Å². The van der Waals surface area contributed by atoms with Crippen molar-refractivity contribution in [2.75, 3.05) is 12.5 Å². The van der Waals surface area contributed by atoms with Gasteiger partial charge in [-0.15, -0.1) is 11.6 Å². The Labute approximate surface area is 113 Å². The van der Waals surface area contributed by atoms with Gasteiger partial charge in [-0.3, -0.25) is 0 Å². The summed E-state index contributed by atoms with van der Waals surface area (Å²) in [5, 5.41) is 0. The lowest BCUT2D eigenvalue weighted by Crippen LogP contribution is -2.34. The quantitative estimate of drug-likeness (QED) is 0.587. The van der Waals surface area contributed by atoms with E-state index in [1.54, 1.807) is 19.9 Å². The number of alkyl halides is 1. The average molecular weight is 274 g/mol. The molecule has 1 aliphatic heterocycles. The highest BCUT2D eigenvalue weighted by Crippen LogP contribution is 2.31. The normalized spacial score (nSPS) is 25.9. The molecular weight excluding hydrogens is 254 g/mol. The van der Waals surface area contributed by atoms with Crippen LogP contribution >= 0.6 is 11.6 Å². The largest absolute Gasteiger partial charge is 0.465 e. The molecule has 0 saturated carbocycles. The van der Waals surface area contributed by atoms with E-state index < -0.39 is 11.6 Å². The van der Waals surface area contributed by atoms with Crippen molar-refractivity contribution < 1.29 is 14.3 Å². The average Bonchev–Trinajstić information content (AvgIpc) is 2.54. The van der Waals surface area contributed by atoms with E-state index in [4.69, 9.17) is 21.1 Å². The molecule has 1 rings (SSSR count). The summed E-state index contributed by atoms with van der Waals surface area (Å²) in [6.45, 7) is 9.71. The number of carbonyl (C=O) groups is 1. The van der Waals surface area contributed by atoms with E-state index in [0.717, 1.165) is 0 Å². The van der Waals surface area contributed by atoms with Gasteiger partial charge in [0.1, 0.15) is 0 Å². The molecule has 0 aromatic rings. The Morgan fingerprint density at radius 1 is 1.56 bits per heavy atom. The Hall–Kier alpha value is -1.03. The molecule has 0 spiro atoms.